The van der Waals surface area contributed by atoms with Gasteiger partial charge in [0.25, 0.3) is 11.5 Å². The second kappa shape index (κ2) is 9.40. The van der Waals surface area contributed by atoms with Gasteiger partial charge in [0.05, 0.1) is 12.3 Å². The number of carbonyl (C=O) groups excluding carboxylic acids is 2. The minimum Gasteiger partial charge on any atom is -0.462 e. The van der Waals surface area contributed by atoms with Gasteiger partial charge in [-0.05, 0) is 26.3 Å². The van der Waals surface area contributed by atoms with Gasteiger partial charge in [-0.25, -0.2) is 14.5 Å². The van der Waals surface area contributed by atoms with Crippen molar-refractivity contribution < 1.29 is 14.3 Å². The van der Waals surface area contributed by atoms with E-state index in [4.69, 9.17) is 4.74 Å². The lowest BCUT2D eigenvalue weighted by Gasteiger charge is -2.19. The molecule has 0 N–H and O–H groups in total. The van der Waals surface area contributed by atoms with E-state index >= 15 is 0 Å². The molecule has 9 heteroatoms. The number of anilines is 1. The van der Waals surface area contributed by atoms with Crippen LogP contribution >= 0.6 is 11.3 Å². The molecule has 0 radical (unpaired) electrons. The van der Waals surface area contributed by atoms with Gasteiger partial charge in [0, 0.05) is 19.7 Å². The Balaban J connectivity index is 2.37. The fraction of sp³-hybridized carbons (Fsp3) is 0.500. The summed E-state index contributed by atoms with van der Waals surface area (Å²) in [5.41, 5.74) is 0.382. The normalized spacial score (nSPS) is 10.7. The number of hydrogen-bond donors (Lipinski definition) is 0. The number of thiazole rings is 1. The summed E-state index contributed by atoms with van der Waals surface area (Å²) in [4.78, 5) is 42.9. The van der Waals surface area contributed by atoms with E-state index in [0.717, 1.165) is 35.3 Å². The summed E-state index contributed by atoms with van der Waals surface area (Å²) in [5.74, 6) is -0.800. The summed E-state index contributed by atoms with van der Waals surface area (Å²) < 4.78 is 6.17. The van der Waals surface area contributed by atoms with Crippen molar-refractivity contribution in [3.8, 4) is 0 Å². The molecular weight excluding hydrogens is 368 g/mol. The van der Waals surface area contributed by atoms with Gasteiger partial charge in [-0.15, -0.1) is 0 Å². The fourth-order valence-corrected chi connectivity index (χ4v) is 3.43. The van der Waals surface area contributed by atoms with Crippen LogP contribution in [0.3, 0.4) is 0 Å². The monoisotopic (exact) mass is 392 g/mol. The Kier molecular flexibility index (Phi) is 7.23. The second-order valence-electron chi connectivity index (χ2n) is 5.98. The lowest BCUT2D eigenvalue weighted by atomic mass is 10.2. The molecule has 0 aliphatic rings. The largest absolute Gasteiger partial charge is 0.462 e. The topological polar surface area (TPSA) is 94.4 Å². The molecule has 2 rings (SSSR count). The summed E-state index contributed by atoms with van der Waals surface area (Å²) in [6, 6.07) is 2.71. The third-order valence-corrected chi connectivity index (χ3v) is 5.05. The molecule has 146 valence electrons. The van der Waals surface area contributed by atoms with E-state index in [0.29, 0.717) is 22.2 Å². The van der Waals surface area contributed by atoms with E-state index in [1.807, 2.05) is 0 Å². The van der Waals surface area contributed by atoms with Crippen molar-refractivity contribution in [3.63, 3.8) is 0 Å². The van der Waals surface area contributed by atoms with Crippen molar-refractivity contribution in [2.45, 2.75) is 40.0 Å². The van der Waals surface area contributed by atoms with Crippen LogP contribution in [0.25, 0.3) is 0 Å². The van der Waals surface area contributed by atoms with Gasteiger partial charge < -0.3 is 4.74 Å². The molecule has 0 fully saturated rings. The van der Waals surface area contributed by atoms with Crippen LogP contribution in [0, 0.1) is 6.92 Å². The van der Waals surface area contributed by atoms with Crippen molar-refractivity contribution in [1.29, 1.82) is 0 Å². The first-order chi connectivity index (χ1) is 12.9. The SMILES string of the molecule is CCCCCN(C(=O)c1ccc(=O)n(C)n1)c1nc(C)c(C(=O)OCC)s1. The first-order valence-corrected chi connectivity index (χ1v) is 9.71. The molecule has 0 bridgehead atoms. The molecule has 8 nitrogen and oxygen atoms in total. The van der Waals surface area contributed by atoms with E-state index in [2.05, 4.69) is 17.0 Å². The summed E-state index contributed by atoms with van der Waals surface area (Å²) in [6.07, 6.45) is 2.76. The zero-order chi connectivity index (χ0) is 20.0. The van der Waals surface area contributed by atoms with Crippen LogP contribution in [0.4, 0.5) is 5.13 Å². The van der Waals surface area contributed by atoms with Gasteiger partial charge in [-0.2, -0.15) is 5.10 Å². The molecular formula is C18H24N4O4S. The number of aryl methyl sites for hydroxylation is 2. The lowest BCUT2D eigenvalue weighted by Crippen LogP contribution is -2.34. The lowest BCUT2D eigenvalue weighted by molar-refractivity contribution is 0.0531. The number of amides is 1. The van der Waals surface area contributed by atoms with Crippen molar-refractivity contribution in [2.75, 3.05) is 18.1 Å². The van der Waals surface area contributed by atoms with Crippen LogP contribution in [-0.4, -0.2) is 39.8 Å². The molecule has 0 unspecified atom stereocenters. The minimum absolute atomic E-state index is 0.152. The van der Waals surface area contributed by atoms with Crippen LogP contribution in [-0.2, 0) is 11.8 Å². The first-order valence-electron chi connectivity index (χ1n) is 8.89. The molecule has 2 aromatic rings. The van der Waals surface area contributed by atoms with Crippen molar-refractivity contribution >= 4 is 28.3 Å². The molecule has 0 atom stereocenters. The van der Waals surface area contributed by atoms with E-state index in [9.17, 15) is 14.4 Å². The van der Waals surface area contributed by atoms with E-state index in [1.54, 1.807) is 13.8 Å². The summed E-state index contributed by atoms with van der Waals surface area (Å²) in [5, 5.41) is 4.46. The summed E-state index contributed by atoms with van der Waals surface area (Å²) in [7, 11) is 1.49. The quantitative estimate of drug-likeness (QED) is 0.506. The van der Waals surface area contributed by atoms with E-state index in [-0.39, 0.29) is 23.8 Å². The molecule has 0 aliphatic carbocycles. The highest BCUT2D eigenvalue weighted by molar-refractivity contribution is 7.17. The molecule has 27 heavy (non-hydrogen) atoms. The molecule has 0 saturated heterocycles. The van der Waals surface area contributed by atoms with E-state index in [1.165, 1.54) is 24.1 Å². The highest BCUT2D eigenvalue weighted by Gasteiger charge is 2.25. The van der Waals surface area contributed by atoms with Crippen LogP contribution in [0.1, 0.15) is 59.0 Å². The van der Waals surface area contributed by atoms with Crippen molar-refractivity contribution in [3.05, 3.63) is 38.8 Å². The maximum Gasteiger partial charge on any atom is 0.350 e. The number of aromatic nitrogens is 3. The molecule has 2 aromatic heterocycles. The van der Waals surface area contributed by atoms with Gasteiger partial charge in [-0.1, -0.05) is 31.1 Å². The highest BCUT2D eigenvalue weighted by Crippen LogP contribution is 2.28. The molecule has 1 amide bonds. The highest BCUT2D eigenvalue weighted by atomic mass is 32.1. The summed E-state index contributed by atoms with van der Waals surface area (Å²) >= 11 is 1.13. The molecule has 0 aliphatic heterocycles. The standard InChI is InChI=1S/C18H24N4O4S/c1-5-7-8-11-22(16(24)13-9-10-14(23)21(4)20-13)18-19-12(3)15(27-18)17(25)26-6-2/h9-10H,5-8,11H2,1-4H3. The maximum absolute atomic E-state index is 13.0. The maximum atomic E-state index is 13.0. The smallest absolute Gasteiger partial charge is 0.350 e. The average Bonchev–Trinajstić information content (AvgIpc) is 3.02. The second-order valence-corrected chi connectivity index (χ2v) is 6.95. The Hall–Kier alpha value is -2.55. The molecule has 0 aromatic carbocycles. The predicted octanol–water partition coefficient (Wildman–Crippen LogP) is 2.56. The Morgan fingerprint density at radius 3 is 2.63 bits per heavy atom. The van der Waals surface area contributed by atoms with Crippen LogP contribution in [0.5, 0.6) is 0 Å². The van der Waals surface area contributed by atoms with E-state index < -0.39 is 5.97 Å². The Labute approximate surface area is 161 Å². The van der Waals surface area contributed by atoms with Gasteiger partial charge >= 0.3 is 5.97 Å². The number of ether oxygens (including phenoxy) is 1. The zero-order valence-electron chi connectivity index (χ0n) is 16.0. The summed E-state index contributed by atoms with van der Waals surface area (Å²) in [6.45, 7) is 6.25. The molecule has 2 heterocycles. The predicted molar refractivity (Wildman–Crippen MR) is 103 cm³/mol. The number of unbranched alkanes of at least 4 members (excludes halogenated alkanes) is 2. The van der Waals surface area contributed by atoms with Gasteiger partial charge in [-0.3, -0.25) is 14.5 Å². The average molecular weight is 392 g/mol. The number of esters is 1. The molecule has 0 saturated carbocycles. The Morgan fingerprint density at radius 2 is 2.00 bits per heavy atom. The van der Waals surface area contributed by atoms with Gasteiger partial charge in [0.2, 0.25) is 0 Å². The van der Waals surface area contributed by atoms with Crippen LogP contribution in [0.2, 0.25) is 0 Å². The zero-order valence-corrected chi connectivity index (χ0v) is 16.8. The number of nitrogens with zero attached hydrogens (tertiary/aromatic N) is 4. The Morgan fingerprint density at radius 1 is 1.26 bits per heavy atom. The number of carbonyl (C=O) groups is 2. The number of hydrogen-bond acceptors (Lipinski definition) is 7. The van der Waals surface area contributed by atoms with Crippen molar-refractivity contribution in [2.24, 2.45) is 7.05 Å². The molecule has 0 spiro atoms. The van der Waals surface area contributed by atoms with Gasteiger partial charge in [0.1, 0.15) is 10.6 Å². The third-order valence-electron chi connectivity index (χ3n) is 3.89. The minimum atomic E-state index is -0.445. The Bertz CT molecular complexity index is 874. The fourth-order valence-electron chi connectivity index (χ4n) is 2.44. The number of rotatable bonds is 8. The van der Waals surface area contributed by atoms with Crippen molar-refractivity contribution in [1.82, 2.24) is 14.8 Å². The third kappa shape index (κ3) is 5.00. The van der Waals surface area contributed by atoms with Crippen LogP contribution in [0.15, 0.2) is 16.9 Å². The van der Waals surface area contributed by atoms with Gasteiger partial charge in [0.15, 0.2) is 5.13 Å². The first kappa shape index (κ1) is 20.8. The van der Waals surface area contributed by atoms with Crippen LogP contribution < -0.4 is 10.5 Å².